The number of rotatable bonds is 17. The second kappa shape index (κ2) is 36.0. The third kappa shape index (κ3) is 22.2. The van der Waals surface area contributed by atoms with Gasteiger partial charge in [0.2, 0.25) is 35.4 Å². The summed E-state index contributed by atoms with van der Waals surface area (Å²) in [5, 5.41) is 24.4. The van der Waals surface area contributed by atoms with Gasteiger partial charge in [0.15, 0.2) is 0 Å². The molecule has 3 aliphatic rings. The van der Waals surface area contributed by atoms with Crippen molar-refractivity contribution in [3.05, 3.63) is 168 Å². The molecule has 6 aromatic rings. The van der Waals surface area contributed by atoms with Crippen molar-refractivity contribution >= 4 is 61.6 Å². The number of nitrogens with two attached hydrogens (primary N) is 2. The standard InChI is InChI=1S/C58H75N9O9.2C7H8O3S/c1-4-33-76-45-27-23-41(24-28-45)39-17-15-38(16-18-39)40-19-21-42(22-20-40)52(69)62-46-10-7-31-61-55(72)50-34-43(60)35-67(50)57(74)48(9-5-6-30-59)64-53(70)47(29-14-37-12-25-44(68)26-13-37)63-56(73)49-11-8-32-66(49)58(75)51(36(2)3)65-54(46)71;2*1-6-2-4-7(5-3-6)11(8,9)10/h12-13,15-28,36,43,46-51,68H,4-11,14,29-35,59-60H2,1-3H3,(H,61,72)(H,62,69)(H,63,73)(H,64,70)(H,65,71);2*2-5H,1H3,(H,8,9,10)/t43-,46-,47-,48-,49-,50-,51-;;/m0../s1. The first-order chi connectivity index (χ1) is 46.6. The van der Waals surface area contributed by atoms with E-state index in [1.54, 1.807) is 62.4 Å². The summed E-state index contributed by atoms with van der Waals surface area (Å²) in [5.74, 6) is -3.34. The van der Waals surface area contributed by atoms with Crippen LogP contribution >= 0.6 is 0 Å². The highest BCUT2D eigenvalue weighted by molar-refractivity contribution is 7.86. The highest BCUT2D eigenvalue weighted by atomic mass is 32.2. The van der Waals surface area contributed by atoms with Gasteiger partial charge < -0.3 is 57.7 Å². The fourth-order valence-corrected chi connectivity index (χ4v) is 12.5. The van der Waals surface area contributed by atoms with Crippen molar-refractivity contribution in [1.29, 1.82) is 0 Å². The summed E-state index contributed by atoms with van der Waals surface area (Å²) in [6.45, 7) is 10.7. The number of unbranched alkanes of at least 4 members (excludes halogenated alkanes) is 1. The SMILES string of the molecule is CCCOc1ccc(-c2ccc(-c3ccc(C(=O)N[C@H]4CCCNC(=O)[C@@H]5C[C@H](N)CN5C(=O)[C@H](CCCCN)NC(=O)[C@H](CCc5ccc(O)cc5)NC(=O)[C@@H]5CCCN5C(=O)[C@H](C(C)C)NC4=O)cc3)cc2)cc1.Cc1ccc(S(=O)(=O)O)cc1.Cc1ccc(S(=O)(=O)O)cc1. The molecule has 7 amide bonds. The Morgan fingerprint density at radius 2 is 1.16 bits per heavy atom. The van der Waals surface area contributed by atoms with Gasteiger partial charge in [-0.05, 0) is 185 Å². The first kappa shape index (κ1) is 76.3. The lowest BCUT2D eigenvalue weighted by Gasteiger charge is -2.32. The molecule has 12 N–H and O–H groups in total. The lowest BCUT2D eigenvalue weighted by molar-refractivity contribution is -0.143. The smallest absolute Gasteiger partial charge is 0.294 e. The minimum atomic E-state index is -4.02. The number of nitrogens with zero attached hydrogens (tertiary/aromatic N) is 2. The predicted octanol–water partition coefficient (Wildman–Crippen LogP) is 6.80. The molecular formula is C72H91N9O15S2. The van der Waals surface area contributed by atoms with Crippen LogP contribution in [0.2, 0.25) is 0 Å². The maximum Gasteiger partial charge on any atom is 0.294 e. The van der Waals surface area contributed by atoms with Crippen LogP contribution < -0.4 is 42.8 Å². The highest BCUT2D eigenvalue weighted by Gasteiger charge is 2.43. The Morgan fingerprint density at radius 1 is 0.622 bits per heavy atom. The van der Waals surface area contributed by atoms with Crippen molar-refractivity contribution in [2.45, 2.75) is 157 Å². The second-order valence-electron chi connectivity index (χ2n) is 25.1. The van der Waals surface area contributed by atoms with Crippen molar-refractivity contribution in [2.24, 2.45) is 17.4 Å². The summed E-state index contributed by atoms with van der Waals surface area (Å²) in [6, 6.07) is 34.6. The van der Waals surface area contributed by atoms with E-state index in [1.807, 2.05) is 74.5 Å². The predicted molar refractivity (Wildman–Crippen MR) is 371 cm³/mol. The third-order valence-electron chi connectivity index (χ3n) is 17.1. The molecule has 98 heavy (non-hydrogen) atoms. The van der Waals surface area contributed by atoms with Crippen LogP contribution in [0.15, 0.2) is 155 Å². The molecule has 9 rings (SSSR count). The van der Waals surface area contributed by atoms with Gasteiger partial charge in [-0.2, -0.15) is 16.8 Å². The van der Waals surface area contributed by atoms with Gasteiger partial charge in [0.25, 0.3) is 26.1 Å². The Labute approximate surface area is 573 Å². The molecule has 0 radical (unpaired) electrons. The molecule has 24 nitrogen and oxygen atoms in total. The van der Waals surface area contributed by atoms with Crippen LogP contribution in [0, 0.1) is 19.8 Å². The molecule has 0 aliphatic carbocycles. The molecule has 6 aromatic carbocycles. The molecule has 3 aliphatic heterocycles. The number of fused-ring (bicyclic) bond motifs is 2. The van der Waals surface area contributed by atoms with E-state index in [1.165, 1.54) is 46.2 Å². The van der Waals surface area contributed by atoms with Crippen molar-refractivity contribution in [1.82, 2.24) is 36.4 Å². The number of nitrogens with one attached hydrogen (secondary N) is 5. The molecular weight excluding hydrogens is 1290 g/mol. The molecule has 3 heterocycles. The summed E-state index contributed by atoms with van der Waals surface area (Å²) in [6.07, 6.45) is 3.86. The molecule has 0 bridgehead atoms. The molecule has 0 saturated carbocycles. The zero-order valence-electron chi connectivity index (χ0n) is 55.9. The molecule has 7 atom stereocenters. The first-order valence-corrected chi connectivity index (χ1v) is 35.9. The number of hydrogen-bond acceptors (Lipinski definition) is 15. The van der Waals surface area contributed by atoms with Crippen LogP contribution in [0.3, 0.4) is 0 Å². The van der Waals surface area contributed by atoms with Crippen LogP contribution in [0.5, 0.6) is 11.5 Å². The average Bonchev–Trinajstić information content (AvgIpc) is 1.64. The van der Waals surface area contributed by atoms with Crippen LogP contribution in [-0.2, 0) is 55.4 Å². The number of phenolic OH excluding ortho intramolecular Hbond substituents is 1. The van der Waals surface area contributed by atoms with Crippen LogP contribution in [-0.4, -0.2) is 157 Å². The van der Waals surface area contributed by atoms with E-state index in [4.69, 9.17) is 25.3 Å². The minimum absolute atomic E-state index is 0.0655. The normalized spacial score (nSPS) is 20.5. The number of ether oxygens (including phenoxy) is 1. The number of aryl methyl sites for hydroxylation is 3. The van der Waals surface area contributed by atoms with Gasteiger partial charge >= 0.3 is 0 Å². The highest BCUT2D eigenvalue weighted by Crippen LogP contribution is 2.28. The zero-order chi connectivity index (χ0) is 71.3. The van der Waals surface area contributed by atoms with Crippen molar-refractivity contribution in [3.8, 4) is 33.8 Å². The van der Waals surface area contributed by atoms with Gasteiger partial charge in [-0.1, -0.05) is 117 Å². The summed E-state index contributed by atoms with van der Waals surface area (Å²) < 4.78 is 64.8. The number of aromatic hydroxyl groups is 1. The van der Waals surface area contributed by atoms with Crippen LogP contribution in [0.4, 0.5) is 0 Å². The molecule has 0 spiro atoms. The largest absolute Gasteiger partial charge is 0.508 e. The van der Waals surface area contributed by atoms with Crippen LogP contribution in [0.1, 0.15) is 112 Å². The molecule has 3 fully saturated rings. The Kier molecular flexibility index (Phi) is 28.0. The summed E-state index contributed by atoms with van der Waals surface area (Å²) in [7, 11) is -8.04. The molecule has 3 saturated heterocycles. The Hall–Kier alpha value is -9.05. The number of carbonyl (C=O) groups excluding carboxylic acids is 7. The van der Waals surface area contributed by atoms with E-state index >= 15 is 0 Å². The summed E-state index contributed by atoms with van der Waals surface area (Å²) >= 11 is 0. The van der Waals surface area contributed by atoms with Crippen LogP contribution in [0.25, 0.3) is 22.3 Å². The second-order valence-corrected chi connectivity index (χ2v) is 27.9. The molecule has 526 valence electrons. The maximum atomic E-state index is 14.6. The van der Waals surface area contributed by atoms with Crippen molar-refractivity contribution < 1.29 is 69.3 Å². The number of carbonyl (C=O) groups is 7. The quantitative estimate of drug-likeness (QED) is 0.0331. The monoisotopic (exact) mass is 1390 g/mol. The Morgan fingerprint density at radius 3 is 1.69 bits per heavy atom. The van der Waals surface area contributed by atoms with Gasteiger partial charge in [-0.15, -0.1) is 0 Å². The number of phenols is 1. The van der Waals surface area contributed by atoms with Gasteiger partial charge in [0.1, 0.15) is 47.8 Å². The maximum absolute atomic E-state index is 14.6. The van der Waals surface area contributed by atoms with Gasteiger partial charge in [0, 0.05) is 31.2 Å². The molecule has 26 heteroatoms. The van der Waals surface area contributed by atoms with E-state index in [2.05, 4.69) is 33.5 Å². The summed E-state index contributed by atoms with van der Waals surface area (Å²) in [4.78, 5) is 103. The van der Waals surface area contributed by atoms with E-state index in [9.17, 15) is 55.5 Å². The fraction of sp³-hybridized carbons (Fsp3) is 0.403. The Balaban J connectivity index is 0.000000517. The number of amides is 7. The minimum Gasteiger partial charge on any atom is -0.508 e. The van der Waals surface area contributed by atoms with Gasteiger partial charge in [0.05, 0.1) is 16.4 Å². The topological polar surface area (TPSA) is 376 Å². The first-order valence-electron chi connectivity index (χ1n) is 33.0. The van der Waals surface area contributed by atoms with Crippen molar-refractivity contribution in [3.63, 3.8) is 0 Å². The summed E-state index contributed by atoms with van der Waals surface area (Å²) in [5.41, 5.74) is 19.1. The molecule has 0 unspecified atom stereocenters. The lowest BCUT2D eigenvalue weighted by Crippen LogP contribution is -2.60. The Bertz CT molecular complexity index is 3830. The van der Waals surface area contributed by atoms with Crippen molar-refractivity contribution in [2.75, 3.05) is 32.8 Å². The van der Waals surface area contributed by atoms with E-state index in [-0.39, 0.29) is 67.3 Å². The average molecular weight is 1390 g/mol. The zero-order valence-corrected chi connectivity index (χ0v) is 57.5. The van der Waals surface area contributed by atoms with E-state index in [0.29, 0.717) is 50.8 Å². The van der Waals surface area contributed by atoms with Gasteiger partial charge in [-0.3, -0.25) is 42.7 Å². The lowest BCUT2D eigenvalue weighted by atomic mass is 9.99. The number of hydrogen-bond donors (Lipinski definition) is 10. The van der Waals surface area contributed by atoms with E-state index in [0.717, 1.165) is 51.1 Å². The van der Waals surface area contributed by atoms with Gasteiger partial charge in [-0.25, -0.2) is 0 Å². The third-order valence-corrected chi connectivity index (χ3v) is 18.8. The molecule has 0 aromatic heterocycles. The number of benzene rings is 6. The van der Waals surface area contributed by atoms with E-state index < -0.39 is 110 Å². The fourth-order valence-electron chi connectivity index (χ4n) is 11.5.